The fourth-order valence-corrected chi connectivity index (χ4v) is 3.22. The lowest BCUT2D eigenvalue weighted by molar-refractivity contribution is -0.0153. The largest absolute Gasteiger partial charge is 0.328 e. The third-order valence-electron chi connectivity index (χ3n) is 3.60. The summed E-state index contributed by atoms with van der Waals surface area (Å²) in [5.41, 5.74) is -0.348. The Kier molecular flexibility index (Phi) is 8.57. The Bertz CT molecular complexity index is 170. The van der Waals surface area contributed by atoms with Crippen LogP contribution in [-0.4, -0.2) is 15.4 Å². The van der Waals surface area contributed by atoms with Crippen LogP contribution >= 0.6 is 8.60 Å². The van der Waals surface area contributed by atoms with Gasteiger partial charge in [-0.1, -0.05) is 47.0 Å². The molecule has 0 saturated carbocycles. The van der Waals surface area contributed by atoms with Crippen LogP contribution in [-0.2, 0) is 4.52 Å². The molecule has 0 fully saturated rings. The zero-order valence-electron chi connectivity index (χ0n) is 11.1. The molecule has 0 bridgehead atoms. The van der Waals surface area contributed by atoms with Gasteiger partial charge in [0.1, 0.15) is 0 Å². The van der Waals surface area contributed by atoms with E-state index in [1.807, 2.05) is 0 Å². The molecule has 0 aliphatic rings. The Morgan fingerprint density at radius 2 is 1.69 bits per heavy atom. The SMILES string of the molecule is CCCCC(CC)C(CC)(CC)OP(O)O. The van der Waals surface area contributed by atoms with E-state index in [-0.39, 0.29) is 5.60 Å². The van der Waals surface area contributed by atoms with Gasteiger partial charge >= 0.3 is 8.60 Å². The molecule has 0 radical (unpaired) electrons. The van der Waals surface area contributed by atoms with Gasteiger partial charge in [-0.05, 0) is 25.2 Å². The van der Waals surface area contributed by atoms with Crippen LogP contribution in [0.4, 0.5) is 0 Å². The maximum Gasteiger partial charge on any atom is 0.327 e. The second kappa shape index (κ2) is 8.41. The van der Waals surface area contributed by atoms with Crippen LogP contribution in [0.1, 0.15) is 66.2 Å². The van der Waals surface area contributed by atoms with E-state index >= 15 is 0 Å². The Hall–Kier alpha value is 0.310. The van der Waals surface area contributed by atoms with Crippen LogP contribution in [0.2, 0.25) is 0 Å². The molecule has 0 spiro atoms. The summed E-state index contributed by atoms with van der Waals surface area (Å²) in [4.78, 5) is 18.2. The second-order valence-electron chi connectivity index (χ2n) is 4.36. The van der Waals surface area contributed by atoms with Crippen molar-refractivity contribution in [2.24, 2.45) is 5.92 Å². The standard InChI is InChI=1S/C12H27O3P/c1-5-9-10-11(6-2)12(7-3,8-4)15-16(13)14/h11,13-14H,5-10H2,1-4H3. The molecular formula is C12H27O3P. The van der Waals surface area contributed by atoms with Crippen LogP contribution in [0, 0.1) is 5.92 Å². The van der Waals surface area contributed by atoms with Crippen molar-refractivity contribution >= 4 is 8.60 Å². The molecule has 1 unspecified atom stereocenters. The smallest absolute Gasteiger partial charge is 0.327 e. The van der Waals surface area contributed by atoms with Crippen molar-refractivity contribution in [3.8, 4) is 0 Å². The van der Waals surface area contributed by atoms with Crippen LogP contribution in [0.25, 0.3) is 0 Å². The van der Waals surface area contributed by atoms with E-state index in [1.54, 1.807) is 0 Å². The first-order valence-electron chi connectivity index (χ1n) is 6.43. The Labute approximate surface area is 101 Å². The number of unbranched alkanes of at least 4 members (excludes halogenated alkanes) is 1. The average Bonchev–Trinajstić information content (AvgIpc) is 2.27. The van der Waals surface area contributed by atoms with Crippen molar-refractivity contribution in [1.29, 1.82) is 0 Å². The number of hydrogen-bond donors (Lipinski definition) is 2. The third kappa shape index (κ3) is 4.67. The summed E-state index contributed by atoms with van der Waals surface area (Å²) in [6.07, 6.45) is 6.17. The van der Waals surface area contributed by atoms with Gasteiger partial charge in [0, 0.05) is 0 Å². The summed E-state index contributed by atoms with van der Waals surface area (Å²) in [7, 11) is -2.25. The van der Waals surface area contributed by atoms with Crippen LogP contribution in [0.5, 0.6) is 0 Å². The lowest BCUT2D eigenvalue weighted by atomic mass is 9.78. The van der Waals surface area contributed by atoms with Gasteiger partial charge in [0.15, 0.2) is 0 Å². The molecule has 0 aliphatic heterocycles. The molecule has 1 atom stereocenters. The molecule has 2 N–H and O–H groups in total. The average molecular weight is 250 g/mol. The van der Waals surface area contributed by atoms with Crippen LogP contribution in [0.3, 0.4) is 0 Å². The lowest BCUT2D eigenvalue weighted by Gasteiger charge is -2.39. The zero-order valence-corrected chi connectivity index (χ0v) is 12.0. The monoisotopic (exact) mass is 250 g/mol. The van der Waals surface area contributed by atoms with E-state index in [1.165, 1.54) is 12.8 Å². The van der Waals surface area contributed by atoms with Crippen molar-refractivity contribution in [3.63, 3.8) is 0 Å². The summed E-state index contributed by atoms with van der Waals surface area (Å²) >= 11 is 0. The second-order valence-corrected chi connectivity index (χ2v) is 5.05. The van der Waals surface area contributed by atoms with Crippen molar-refractivity contribution < 1.29 is 14.3 Å². The van der Waals surface area contributed by atoms with Crippen molar-refractivity contribution in [3.05, 3.63) is 0 Å². The summed E-state index contributed by atoms with van der Waals surface area (Å²) in [5.74, 6) is 0.423. The molecule has 0 aromatic heterocycles. The molecule has 0 aromatic rings. The van der Waals surface area contributed by atoms with Gasteiger partial charge in [-0.2, -0.15) is 0 Å². The van der Waals surface area contributed by atoms with E-state index in [2.05, 4.69) is 27.7 Å². The Balaban J connectivity index is 4.66. The van der Waals surface area contributed by atoms with Crippen molar-refractivity contribution in [1.82, 2.24) is 0 Å². The highest BCUT2D eigenvalue weighted by Gasteiger charge is 2.37. The molecule has 0 rings (SSSR count). The van der Waals surface area contributed by atoms with Gasteiger partial charge < -0.3 is 14.3 Å². The molecule has 16 heavy (non-hydrogen) atoms. The van der Waals surface area contributed by atoms with Crippen LogP contribution < -0.4 is 0 Å². The minimum Gasteiger partial charge on any atom is -0.328 e. The maximum absolute atomic E-state index is 9.12. The zero-order chi connectivity index (χ0) is 12.6. The molecule has 0 saturated heterocycles. The van der Waals surface area contributed by atoms with Gasteiger partial charge in [-0.3, -0.25) is 0 Å². The number of rotatable bonds is 9. The van der Waals surface area contributed by atoms with E-state index in [0.717, 1.165) is 25.7 Å². The molecule has 98 valence electrons. The van der Waals surface area contributed by atoms with Crippen molar-refractivity contribution in [2.75, 3.05) is 0 Å². The first-order chi connectivity index (χ1) is 7.56. The first-order valence-corrected chi connectivity index (χ1v) is 7.59. The molecule has 0 aliphatic carbocycles. The highest BCUT2D eigenvalue weighted by Crippen LogP contribution is 2.43. The van der Waals surface area contributed by atoms with Gasteiger partial charge in [0.2, 0.25) is 0 Å². The summed E-state index contributed by atoms with van der Waals surface area (Å²) < 4.78 is 5.46. The minimum absolute atomic E-state index is 0.348. The third-order valence-corrected chi connectivity index (χ3v) is 4.13. The van der Waals surface area contributed by atoms with Gasteiger partial charge in [0.05, 0.1) is 5.60 Å². The van der Waals surface area contributed by atoms with Gasteiger partial charge in [-0.15, -0.1) is 0 Å². The fourth-order valence-electron chi connectivity index (χ4n) is 2.48. The lowest BCUT2D eigenvalue weighted by Crippen LogP contribution is -2.38. The van der Waals surface area contributed by atoms with Crippen LogP contribution in [0.15, 0.2) is 0 Å². The molecular weight excluding hydrogens is 223 g/mol. The summed E-state index contributed by atoms with van der Waals surface area (Å²) in [6.45, 7) is 8.47. The molecule has 0 amide bonds. The van der Waals surface area contributed by atoms with E-state index in [9.17, 15) is 0 Å². The minimum atomic E-state index is -2.25. The fraction of sp³-hybridized carbons (Fsp3) is 1.00. The molecule has 3 nitrogen and oxygen atoms in total. The summed E-state index contributed by atoms with van der Waals surface area (Å²) in [5, 5.41) is 0. The normalized spacial score (nSPS) is 14.4. The van der Waals surface area contributed by atoms with Crippen molar-refractivity contribution in [2.45, 2.75) is 71.8 Å². The van der Waals surface area contributed by atoms with E-state index in [4.69, 9.17) is 14.3 Å². The predicted molar refractivity (Wildman–Crippen MR) is 69.1 cm³/mol. The van der Waals surface area contributed by atoms with E-state index in [0.29, 0.717) is 5.92 Å². The van der Waals surface area contributed by atoms with Gasteiger partial charge in [-0.25, -0.2) is 0 Å². The summed E-state index contributed by atoms with van der Waals surface area (Å²) in [6, 6.07) is 0. The quantitative estimate of drug-likeness (QED) is 0.608. The molecule has 0 aromatic carbocycles. The van der Waals surface area contributed by atoms with E-state index < -0.39 is 8.60 Å². The highest BCUT2D eigenvalue weighted by atomic mass is 31.2. The highest BCUT2D eigenvalue weighted by molar-refractivity contribution is 7.39. The molecule has 0 heterocycles. The topological polar surface area (TPSA) is 49.7 Å². The van der Waals surface area contributed by atoms with Gasteiger partial charge in [0.25, 0.3) is 0 Å². The predicted octanol–water partition coefficient (Wildman–Crippen LogP) is 3.99. The molecule has 4 heteroatoms. The number of hydrogen-bond acceptors (Lipinski definition) is 3. The Morgan fingerprint density at radius 1 is 1.12 bits per heavy atom. The maximum atomic E-state index is 9.12. The Morgan fingerprint density at radius 3 is 2.00 bits per heavy atom. The first kappa shape index (κ1) is 16.3.